The van der Waals surface area contributed by atoms with Crippen molar-refractivity contribution in [3.8, 4) is 5.75 Å². The van der Waals surface area contributed by atoms with Crippen LogP contribution >= 0.6 is 31.9 Å². The molecule has 3 nitrogen and oxygen atoms in total. The summed E-state index contributed by atoms with van der Waals surface area (Å²) in [5, 5.41) is 14.3. The number of hydrogen-bond donors (Lipinski definition) is 2. The molecule has 0 radical (unpaired) electrons. The number of carbonyl (C=O) groups is 1. The third kappa shape index (κ3) is 2.45. The van der Waals surface area contributed by atoms with Gasteiger partial charge in [-0.15, -0.1) is 0 Å². The van der Waals surface area contributed by atoms with Gasteiger partial charge in [-0.25, -0.2) is 0 Å². The van der Waals surface area contributed by atoms with Crippen LogP contribution in [0.3, 0.4) is 0 Å². The van der Waals surface area contributed by atoms with Crippen LogP contribution in [0.4, 0.5) is 5.69 Å². The van der Waals surface area contributed by atoms with E-state index in [1.165, 1.54) is 6.92 Å². The fraction of sp³-hybridized carbons (Fsp3) is 0.0833. The molecular weight excluding hydrogens is 350 g/mol. The third-order valence-electron chi connectivity index (χ3n) is 2.32. The van der Waals surface area contributed by atoms with Gasteiger partial charge in [0, 0.05) is 12.6 Å². The molecule has 1 amide bonds. The molecule has 2 aromatic rings. The minimum Gasteiger partial charge on any atom is -0.506 e. The van der Waals surface area contributed by atoms with Crippen molar-refractivity contribution in [3.05, 3.63) is 33.2 Å². The molecule has 0 bridgehead atoms. The van der Waals surface area contributed by atoms with Crippen molar-refractivity contribution in [2.45, 2.75) is 6.92 Å². The molecule has 5 heteroatoms. The summed E-state index contributed by atoms with van der Waals surface area (Å²) in [5.74, 6) is 0.0611. The number of aromatic hydroxyl groups is 1. The van der Waals surface area contributed by atoms with E-state index in [-0.39, 0.29) is 11.7 Å². The average molecular weight is 359 g/mol. The zero-order valence-corrected chi connectivity index (χ0v) is 12.1. The minimum atomic E-state index is -0.110. The number of nitrogens with one attached hydrogen (secondary N) is 1. The predicted octanol–water partition coefficient (Wildman–Crippen LogP) is 4.03. The molecule has 0 saturated carbocycles. The number of phenolic OH excluding ortho intramolecular Hbond substituents is 1. The van der Waals surface area contributed by atoms with Crippen molar-refractivity contribution >= 4 is 54.2 Å². The largest absolute Gasteiger partial charge is 0.506 e. The van der Waals surface area contributed by atoms with Crippen LogP contribution in [0.15, 0.2) is 33.2 Å². The maximum Gasteiger partial charge on any atom is 0.221 e. The Morgan fingerprint density at radius 1 is 1.29 bits per heavy atom. The molecule has 0 heterocycles. The van der Waals surface area contributed by atoms with Crippen molar-refractivity contribution in [1.29, 1.82) is 0 Å². The smallest absolute Gasteiger partial charge is 0.221 e. The highest BCUT2D eigenvalue weighted by Gasteiger charge is 2.09. The highest BCUT2D eigenvalue weighted by molar-refractivity contribution is 9.11. The van der Waals surface area contributed by atoms with E-state index in [0.29, 0.717) is 8.95 Å². The van der Waals surface area contributed by atoms with Crippen LogP contribution in [0.25, 0.3) is 10.8 Å². The van der Waals surface area contributed by atoms with E-state index in [1.54, 1.807) is 12.1 Å². The molecular formula is C12H9Br2NO2. The van der Waals surface area contributed by atoms with E-state index >= 15 is 0 Å². The van der Waals surface area contributed by atoms with Crippen LogP contribution in [0.2, 0.25) is 0 Å². The Morgan fingerprint density at radius 3 is 2.65 bits per heavy atom. The summed E-state index contributed by atoms with van der Waals surface area (Å²) in [5.41, 5.74) is 0.731. The maximum atomic E-state index is 11.0. The van der Waals surface area contributed by atoms with Gasteiger partial charge in [0.15, 0.2) is 0 Å². The SMILES string of the molecule is CC(=O)Nc1ccc2c(Br)c(O)c(Br)cc2c1. The normalized spacial score (nSPS) is 10.5. The number of hydrogen-bond acceptors (Lipinski definition) is 2. The summed E-state index contributed by atoms with van der Waals surface area (Å²) in [7, 11) is 0. The topological polar surface area (TPSA) is 49.3 Å². The van der Waals surface area contributed by atoms with E-state index in [4.69, 9.17) is 0 Å². The van der Waals surface area contributed by atoms with Gasteiger partial charge in [0.25, 0.3) is 0 Å². The molecule has 0 aromatic heterocycles. The average Bonchev–Trinajstić information content (AvgIpc) is 2.25. The molecule has 0 saturated heterocycles. The third-order valence-corrected chi connectivity index (χ3v) is 3.73. The van der Waals surface area contributed by atoms with E-state index in [9.17, 15) is 9.90 Å². The molecule has 0 unspecified atom stereocenters. The van der Waals surface area contributed by atoms with Gasteiger partial charge in [-0.3, -0.25) is 4.79 Å². The summed E-state index contributed by atoms with van der Waals surface area (Å²) in [6.45, 7) is 1.47. The second-order valence-corrected chi connectivity index (χ2v) is 5.29. The van der Waals surface area contributed by atoms with Gasteiger partial charge in [0.2, 0.25) is 5.91 Å². The van der Waals surface area contributed by atoms with Crippen LogP contribution in [-0.2, 0) is 4.79 Å². The predicted molar refractivity (Wildman–Crippen MR) is 75.3 cm³/mol. The zero-order valence-electron chi connectivity index (χ0n) is 8.92. The molecule has 0 fully saturated rings. The molecule has 0 atom stereocenters. The van der Waals surface area contributed by atoms with E-state index < -0.39 is 0 Å². The Morgan fingerprint density at radius 2 is 2.00 bits per heavy atom. The van der Waals surface area contributed by atoms with Crippen LogP contribution in [0, 0.1) is 0 Å². The highest BCUT2D eigenvalue weighted by atomic mass is 79.9. The maximum absolute atomic E-state index is 11.0. The number of benzene rings is 2. The molecule has 2 aromatic carbocycles. The second kappa shape index (κ2) is 4.66. The van der Waals surface area contributed by atoms with Crippen LogP contribution in [-0.4, -0.2) is 11.0 Å². The monoisotopic (exact) mass is 357 g/mol. The van der Waals surface area contributed by atoms with Crippen molar-refractivity contribution in [1.82, 2.24) is 0 Å². The second-order valence-electron chi connectivity index (χ2n) is 3.64. The van der Waals surface area contributed by atoms with Crippen molar-refractivity contribution in [2.75, 3.05) is 5.32 Å². The number of amides is 1. The molecule has 2 N–H and O–H groups in total. The first kappa shape index (κ1) is 12.4. The first-order valence-corrected chi connectivity index (χ1v) is 6.46. The Balaban J connectivity index is 2.62. The zero-order chi connectivity index (χ0) is 12.6. The van der Waals surface area contributed by atoms with E-state index in [2.05, 4.69) is 37.2 Å². The number of fused-ring (bicyclic) bond motifs is 1. The molecule has 17 heavy (non-hydrogen) atoms. The first-order chi connectivity index (χ1) is 7.99. The summed E-state index contributed by atoms with van der Waals surface area (Å²) in [4.78, 5) is 11.0. The first-order valence-electron chi connectivity index (χ1n) is 4.87. The Bertz CT molecular complexity index is 611. The van der Waals surface area contributed by atoms with Crippen molar-refractivity contribution in [3.63, 3.8) is 0 Å². The molecule has 0 aliphatic rings. The van der Waals surface area contributed by atoms with E-state index in [1.807, 2.05) is 12.1 Å². The summed E-state index contributed by atoms with van der Waals surface area (Å²) >= 11 is 6.61. The Hall–Kier alpha value is -1.07. The van der Waals surface area contributed by atoms with Gasteiger partial charge in [-0.05, 0) is 60.8 Å². The molecule has 0 spiro atoms. The van der Waals surface area contributed by atoms with Crippen molar-refractivity contribution < 1.29 is 9.90 Å². The van der Waals surface area contributed by atoms with Gasteiger partial charge in [-0.2, -0.15) is 0 Å². The number of phenols is 1. The lowest BCUT2D eigenvalue weighted by atomic mass is 10.1. The lowest BCUT2D eigenvalue weighted by Crippen LogP contribution is -2.05. The fourth-order valence-electron chi connectivity index (χ4n) is 1.60. The van der Waals surface area contributed by atoms with Gasteiger partial charge in [-0.1, -0.05) is 6.07 Å². The molecule has 2 rings (SSSR count). The van der Waals surface area contributed by atoms with Gasteiger partial charge in [0.05, 0.1) is 8.95 Å². The Kier molecular flexibility index (Phi) is 3.40. The van der Waals surface area contributed by atoms with Crippen molar-refractivity contribution in [2.24, 2.45) is 0 Å². The number of rotatable bonds is 1. The van der Waals surface area contributed by atoms with Gasteiger partial charge in [0.1, 0.15) is 5.75 Å². The summed E-state index contributed by atoms with van der Waals surface area (Å²) < 4.78 is 1.24. The van der Waals surface area contributed by atoms with Crippen LogP contribution < -0.4 is 5.32 Å². The van der Waals surface area contributed by atoms with Crippen LogP contribution in [0.5, 0.6) is 5.75 Å². The van der Waals surface area contributed by atoms with Gasteiger partial charge < -0.3 is 10.4 Å². The highest BCUT2D eigenvalue weighted by Crippen LogP contribution is 2.39. The standard InChI is InChI=1S/C12H9Br2NO2/c1-6(16)15-8-2-3-9-7(4-8)5-10(13)12(17)11(9)14/h2-5,17H,1H3,(H,15,16). The number of carbonyl (C=O) groups excluding carboxylic acids is 1. The quantitative estimate of drug-likeness (QED) is 0.808. The number of anilines is 1. The lowest BCUT2D eigenvalue weighted by Gasteiger charge is -2.08. The minimum absolute atomic E-state index is 0.110. The van der Waals surface area contributed by atoms with Gasteiger partial charge >= 0.3 is 0 Å². The number of halogens is 2. The Labute approximate surface area is 115 Å². The fourth-order valence-corrected chi connectivity index (χ4v) is 2.89. The molecule has 0 aliphatic heterocycles. The van der Waals surface area contributed by atoms with E-state index in [0.717, 1.165) is 16.5 Å². The van der Waals surface area contributed by atoms with Crippen LogP contribution in [0.1, 0.15) is 6.92 Å². The summed E-state index contributed by atoms with van der Waals surface area (Å²) in [6, 6.07) is 7.30. The summed E-state index contributed by atoms with van der Waals surface area (Å²) in [6.07, 6.45) is 0. The lowest BCUT2D eigenvalue weighted by molar-refractivity contribution is -0.114. The molecule has 0 aliphatic carbocycles. The molecule has 88 valence electrons.